The van der Waals surface area contributed by atoms with E-state index in [1.807, 2.05) is 6.07 Å². The maximum Gasteiger partial charge on any atom is 0.347 e. The summed E-state index contributed by atoms with van der Waals surface area (Å²) in [5.74, 6) is 0.487. The number of benzene rings is 2. The van der Waals surface area contributed by atoms with Gasteiger partial charge in [0.15, 0.2) is 0 Å². The average Bonchev–Trinajstić information content (AvgIpc) is 2.37. The summed E-state index contributed by atoms with van der Waals surface area (Å²) in [6.07, 6.45) is 0. The fraction of sp³-hybridized carbons (Fsp3) is 0.0714. The van der Waals surface area contributed by atoms with Crippen molar-refractivity contribution in [3.05, 3.63) is 57.0 Å². The van der Waals surface area contributed by atoms with Gasteiger partial charge in [0, 0.05) is 8.95 Å². The molecule has 0 saturated carbocycles. The monoisotopic (exact) mass is 384 g/mol. The van der Waals surface area contributed by atoms with Gasteiger partial charge in [0.1, 0.15) is 17.1 Å². The van der Waals surface area contributed by atoms with Crippen LogP contribution in [0.1, 0.15) is 10.4 Å². The van der Waals surface area contributed by atoms with Gasteiger partial charge in [0.25, 0.3) is 0 Å². The lowest BCUT2D eigenvalue weighted by atomic mass is 10.2. The molecule has 2 aromatic carbocycles. The van der Waals surface area contributed by atoms with Crippen molar-refractivity contribution in [3.8, 4) is 11.5 Å². The van der Waals surface area contributed by atoms with E-state index in [0.29, 0.717) is 17.1 Å². The number of methoxy groups -OCH3 is 1. The van der Waals surface area contributed by atoms with Crippen LogP contribution in [0.4, 0.5) is 0 Å². The normalized spacial score (nSPS) is 10.1. The molecule has 0 N–H and O–H groups in total. The number of hydrogen-bond acceptors (Lipinski definition) is 3. The number of ether oxygens (including phenoxy) is 2. The molecule has 98 valence electrons. The second kappa shape index (κ2) is 6.21. The van der Waals surface area contributed by atoms with Gasteiger partial charge in [0.2, 0.25) is 0 Å². The molecule has 0 aromatic heterocycles. The first kappa shape index (κ1) is 14.1. The number of carbonyl (C=O) groups is 1. The summed E-state index contributed by atoms with van der Waals surface area (Å²) in [5.41, 5.74) is 0.390. The van der Waals surface area contributed by atoms with Gasteiger partial charge in [-0.25, -0.2) is 4.79 Å². The largest absolute Gasteiger partial charge is 0.496 e. The molecule has 0 radical (unpaired) electrons. The molecular formula is C14H10Br2O3. The van der Waals surface area contributed by atoms with Crippen LogP contribution in [0.2, 0.25) is 0 Å². The Kier molecular flexibility index (Phi) is 4.61. The molecule has 0 bridgehead atoms. The van der Waals surface area contributed by atoms with E-state index in [9.17, 15) is 4.79 Å². The molecule has 0 heterocycles. The Morgan fingerprint density at radius 3 is 2.32 bits per heavy atom. The van der Waals surface area contributed by atoms with Crippen LogP contribution < -0.4 is 9.47 Å². The molecule has 0 atom stereocenters. The Labute approximate surface area is 127 Å². The first-order valence-corrected chi connectivity index (χ1v) is 7.00. The summed E-state index contributed by atoms with van der Waals surface area (Å²) in [7, 11) is 1.52. The topological polar surface area (TPSA) is 35.5 Å². The molecule has 0 saturated heterocycles. The Balaban J connectivity index is 2.25. The molecule has 0 spiro atoms. The number of halogens is 2. The SMILES string of the molecule is COc1ccccc1C(=O)Oc1cc(Br)cc(Br)c1. The molecule has 0 amide bonds. The number of rotatable bonds is 3. The van der Waals surface area contributed by atoms with E-state index >= 15 is 0 Å². The summed E-state index contributed by atoms with van der Waals surface area (Å²) in [6.45, 7) is 0. The number of para-hydroxylation sites is 1. The van der Waals surface area contributed by atoms with E-state index < -0.39 is 5.97 Å². The lowest BCUT2D eigenvalue weighted by molar-refractivity contribution is 0.0731. The molecule has 0 fully saturated rings. The number of carbonyl (C=O) groups excluding carboxylic acids is 1. The van der Waals surface area contributed by atoms with Crippen molar-refractivity contribution in [1.29, 1.82) is 0 Å². The summed E-state index contributed by atoms with van der Waals surface area (Å²) >= 11 is 6.68. The third kappa shape index (κ3) is 3.58. The standard InChI is InChI=1S/C14H10Br2O3/c1-18-13-5-3-2-4-12(13)14(17)19-11-7-9(15)6-10(16)8-11/h2-8H,1H3. The third-order valence-corrected chi connectivity index (χ3v) is 3.29. The molecule has 0 unspecified atom stereocenters. The van der Waals surface area contributed by atoms with Crippen LogP contribution in [0.25, 0.3) is 0 Å². The van der Waals surface area contributed by atoms with Crippen LogP contribution in [-0.2, 0) is 0 Å². The third-order valence-electron chi connectivity index (χ3n) is 2.37. The van der Waals surface area contributed by atoms with Crippen molar-refractivity contribution in [2.24, 2.45) is 0 Å². The van der Waals surface area contributed by atoms with Crippen LogP contribution in [0.5, 0.6) is 11.5 Å². The Morgan fingerprint density at radius 2 is 1.68 bits per heavy atom. The second-order valence-corrected chi connectivity index (χ2v) is 5.53. The second-order valence-electron chi connectivity index (χ2n) is 3.69. The van der Waals surface area contributed by atoms with E-state index in [1.54, 1.807) is 36.4 Å². The van der Waals surface area contributed by atoms with Gasteiger partial charge in [-0.2, -0.15) is 0 Å². The van der Waals surface area contributed by atoms with Crippen LogP contribution in [-0.4, -0.2) is 13.1 Å². The van der Waals surface area contributed by atoms with Crippen LogP contribution in [0, 0.1) is 0 Å². The minimum absolute atomic E-state index is 0.390. The van der Waals surface area contributed by atoms with Crippen molar-refractivity contribution < 1.29 is 14.3 Å². The number of hydrogen-bond donors (Lipinski definition) is 0. The molecule has 3 nitrogen and oxygen atoms in total. The average molecular weight is 386 g/mol. The van der Waals surface area contributed by atoms with E-state index in [2.05, 4.69) is 31.9 Å². The predicted octanol–water partition coefficient (Wildman–Crippen LogP) is 4.44. The minimum atomic E-state index is -0.456. The molecule has 2 aromatic rings. The van der Waals surface area contributed by atoms with E-state index in [-0.39, 0.29) is 0 Å². The van der Waals surface area contributed by atoms with Crippen molar-refractivity contribution in [3.63, 3.8) is 0 Å². The van der Waals surface area contributed by atoms with Gasteiger partial charge in [-0.05, 0) is 30.3 Å². The van der Waals surface area contributed by atoms with Crippen molar-refractivity contribution in [1.82, 2.24) is 0 Å². The highest BCUT2D eigenvalue weighted by molar-refractivity contribution is 9.11. The minimum Gasteiger partial charge on any atom is -0.496 e. The zero-order chi connectivity index (χ0) is 13.8. The highest BCUT2D eigenvalue weighted by Crippen LogP contribution is 2.26. The fourth-order valence-corrected chi connectivity index (χ4v) is 2.81. The highest BCUT2D eigenvalue weighted by Gasteiger charge is 2.14. The summed E-state index contributed by atoms with van der Waals surface area (Å²) in [6, 6.07) is 12.2. The van der Waals surface area contributed by atoms with Gasteiger partial charge in [-0.1, -0.05) is 44.0 Å². The Bertz CT molecular complexity index is 591. The van der Waals surface area contributed by atoms with Crippen molar-refractivity contribution in [2.45, 2.75) is 0 Å². The lowest BCUT2D eigenvalue weighted by Crippen LogP contribution is -2.10. The smallest absolute Gasteiger partial charge is 0.347 e. The van der Waals surface area contributed by atoms with E-state index in [1.165, 1.54) is 7.11 Å². The van der Waals surface area contributed by atoms with Gasteiger partial charge in [-0.3, -0.25) is 0 Å². The first-order chi connectivity index (χ1) is 9.10. The summed E-state index contributed by atoms with van der Waals surface area (Å²) in [5, 5.41) is 0. The predicted molar refractivity (Wildman–Crippen MR) is 79.8 cm³/mol. The maximum absolute atomic E-state index is 12.1. The fourth-order valence-electron chi connectivity index (χ4n) is 1.56. The zero-order valence-corrected chi connectivity index (χ0v) is 13.2. The quantitative estimate of drug-likeness (QED) is 0.578. The number of esters is 1. The van der Waals surface area contributed by atoms with E-state index in [0.717, 1.165) is 8.95 Å². The molecule has 0 aliphatic heterocycles. The first-order valence-electron chi connectivity index (χ1n) is 5.41. The zero-order valence-electron chi connectivity index (χ0n) is 10.0. The maximum atomic E-state index is 12.1. The molecule has 19 heavy (non-hydrogen) atoms. The highest BCUT2D eigenvalue weighted by atomic mass is 79.9. The lowest BCUT2D eigenvalue weighted by Gasteiger charge is -2.08. The Morgan fingerprint density at radius 1 is 1.05 bits per heavy atom. The summed E-state index contributed by atoms with van der Waals surface area (Å²) < 4.78 is 12.1. The molecule has 0 aliphatic rings. The summed E-state index contributed by atoms with van der Waals surface area (Å²) in [4.78, 5) is 12.1. The molecule has 0 aliphatic carbocycles. The van der Waals surface area contributed by atoms with Crippen molar-refractivity contribution >= 4 is 37.8 Å². The van der Waals surface area contributed by atoms with Crippen LogP contribution in [0.15, 0.2) is 51.4 Å². The van der Waals surface area contributed by atoms with Crippen LogP contribution >= 0.6 is 31.9 Å². The van der Waals surface area contributed by atoms with E-state index in [4.69, 9.17) is 9.47 Å². The van der Waals surface area contributed by atoms with Gasteiger partial charge < -0.3 is 9.47 Å². The molecule has 5 heteroatoms. The molecule has 2 rings (SSSR count). The Hall–Kier alpha value is -1.33. The van der Waals surface area contributed by atoms with Crippen molar-refractivity contribution in [2.75, 3.05) is 7.11 Å². The van der Waals surface area contributed by atoms with Gasteiger partial charge in [-0.15, -0.1) is 0 Å². The van der Waals surface area contributed by atoms with Gasteiger partial charge in [0.05, 0.1) is 7.11 Å². The molecular weight excluding hydrogens is 376 g/mol. The van der Waals surface area contributed by atoms with Crippen LogP contribution in [0.3, 0.4) is 0 Å². The van der Waals surface area contributed by atoms with Gasteiger partial charge >= 0.3 is 5.97 Å².